The fraction of sp³-hybridized carbons (Fsp3) is 0.222. The molecule has 1 unspecified atom stereocenters. The van der Waals surface area contributed by atoms with Crippen LogP contribution in [0.4, 0.5) is 5.69 Å². The number of rotatable bonds is 4. The Balaban J connectivity index is 1.85. The van der Waals surface area contributed by atoms with E-state index in [4.69, 9.17) is 4.74 Å². The summed E-state index contributed by atoms with van der Waals surface area (Å²) in [5, 5.41) is 12.5. The number of imidazole rings is 1. The zero-order chi connectivity index (χ0) is 17.3. The third-order valence-corrected chi connectivity index (χ3v) is 3.83. The number of H-pyrrole nitrogens is 1. The summed E-state index contributed by atoms with van der Waals surface area (Å²) < 4.78 is 5.15. The number of aromatic nitrogens is 2. The molecule has 1 heterocycles. The molecule has 0 saturated heterocycles. The van der Waals surface area contributed by atoms with Gasteiger partial charge < -0.3 is 20.1 Å². The number of carbonyl (C=O) groups is 1. The largest absolute Gasteiger partial charge is 0.497 e. The molecule has 0 fully saturated rings. The topological polar surface area (TPSA) is 87.2 Å². The quantitative estimate of drug-likeness (QED) is 0.687. The molecule has 1 amide bonds. The van der Waals surface area contributed by atoms with E-state index < -0.39 is 6.10 Å². The Morgan fingerprint density at radius 2 is 2.08 bits per heavy atom. The van der Waals surface area contributed by atoms with Gasteiger partial charge in [-0.3, -0.25) is 4.79 Å². The third-order valence-electron chi connectivity index (χ3n) is 3.83. The number of methoxy groups -OCH3 is 1. The third kappa shape index (κ3) is 3.09. The molecule has 0 radical (unpaired) electrons. The number of fused-ring (bicyclic) bond motifs is 1. The van der Waals surface area contributed by atoms with Gasteiger partial charge in [-0.2, -0.15) is 0 Å². The summed E-state index contributed by atoms with van der Waals surface area (Å²) in [6.07, 6.45) is -0.669. The number of aryl methyl sites for hydroxylation is 1. The summed E-state index contributed by atoms with van der Waals surface area (Å²) in [6, 6.07) is 10.7. The predicted octanol–water partition coefficient (Wildman–Crippen LogP) is 3.19. The Bertz CT molecular complexity index is 900. The van der Waals surface area contributed by atoms with Crippen LogP contribution >= 0.6 is 0 Å². The maximum Gasteiger partial charge on any atom is 0.255 e. The fourth-order valence-electron chi connectivity index (χ4n) is 2.52. The lowest BCUT2D eigenvalue weighted by Gasteiger charge is -2.09. The molecule has 0 saturated carbocycles. The van der Waals surface area contributed by atoms with E-state index in [0.29, 0.717) is 22.8 Å². The molecule has 3 rings (SSSR count). The van der Waals surface area contributed by atoms with Gasteiger partial charge in [0.2, 0.25) is 0 Å². The SMILES string of the molecule is COc1ccc(C(=O)Nc2ccc3nc(C(C)O)[nH]c3c2)c(C)c1. The van der Waals surface area contributed by atoms with Crippen molar-refractivity contribution >= 4 is 22.6 Å². The summed E-state index contributed by atoms with van der Waals surface area (Å²) in [5.41, 5.74) is 3.58. The van der Waals surface area contributed by atoms with Gasteiger partial charge in [0.15, 0.2) is 0 Å². The number of hydrogen-bond donors (Lipinski definition) is 3. The number of aliphatic hydroxyl groups excluding tert-OH is 1. The van der Waals surface area contributed by atoms with E-state index >= 15 is 0 Å². The molecule has 0 aliphatic carbocycles. The first kappa shape index (κ1) is 16.0. The standard InChI is InChI=1S/C18H19N3O3/c1-10-8-13(24-3)5-6-14(10)18(23)19-12-4-7-15-16(9-12)21-17(20-15)11(2)22/h4-9,11,22H,1-3H3,(H,19,23)(H,20,21). The highest BCUT2D eigenvalue weighted by molar-refractivity contribution is 6.06. The van der Waals surface area contributed by atoms with E-state index in [2.05, 4.69) is 15.3 Å². The van der Waals surface area contributed by atoms with Crippen molar-refractivity contribution in [1.82, 2.24) is 9.97 Å². The van der Waals surface area contributed by atoms with Gasteiger partial charge in [0, 0.05) is 11.3 Å². The first-order valence-corrected chi connectivity index (χ1v) is 7.61. The van der Waals surface area contributed by atoms with Crippen LogP contribution in [0.25, 0.3) is 11.0 Å². The number of hydrogen-bond acceptors (Lipinski definition) is 4. The maximum atomic E-state index is 12.5. The van der Waals surface area contributed by atoms with Crippen LogP contribution in [-0.2, 0) is 0 Å². The first-order chi connectivity index (χ1) is 11.5. The highest BCUT2D eigenvalue weighted by Crippen LogP contribution is 2.22. The highest BCUT2D eigenvalue weighted by Gasteiger charge is 2.12. The molecule has 2 aromatic carbocycles. The molecule has 6 nitrogen and oxygen atoms in total. The van der Waals surface area contributed by atoms with E-state index in [1.54, 1.807) is 44.4 Å². The van der Waals surface area contributed by atoms with Crippen molar-refractivity contribution in [3.63, 3.8) is 0 Å². The number of aromatic amines is 1. The van der Waals surface area contributed by atoms with E-state index in [9.17, 15) is 9.90 Å². The zero-order valence-corrected chi connectivity index (χ0v) is 13.8. The van der Waals surface area contributed by atoms with E-state index in [0.717, 1.165) is 16.6 Å². The minimum atomic E-state index is -0.669. The molecule has 24 heavy (non-hydrogen) atoms. The van der Waals surface area contributed by atoms with E-state index in [1.807, 2.05) is 13.0 Å². The molecule has 0 aliphatic rings. The van der Waals surface area contributed by atoms with Crippen LogP contribution in [0.5, 0.6) is 5.75 Å². The summed E-state index contributed by atoms with van der Waals surface area (Å²) in [4.78, 5) is 19.8. The van der Waals surface area contributed by atoms with Crippen LogP contribution in [0.1, 0.15) is 34.8 Å². The van der Waals surface area contributed by atoms with E-state index in [1.165, 1.54) is 0 Å². The average Bonchev–Trinajstić information content (AvgIpc) is 2.98. The molecule has 0 aliphatic heterocycles. The Hall–Kier alpha value is -2.86. The molecule has 1 aromatic heterocycles. The van der Waals surface area contributed by atoms with Gasteiger partial charge in [0.25, 0.3) is 5.91 Å². The van der Waals surface area contributed by atoms with Crippen molar-refractivity contribution in [2.24, 2.45) is 0 Å². The number of carbonyl (C=O) groups excluding carboxylic acids is 1. The van der Waals surface area contributed by atoms with Crippen molar-refractivity contribution in [1.29, 1.82) is 0 Å². The summed E-state index contributed by atoms with van der Waals surface area (Å²) in [5.74, 6) is 1.03. The Morgan fingerprint density at radius 3 is 2.75 bits per heavy atom. The number of anilines is 1. The Labute approximate surface area is 139 Å². The second-order valence-corrected chi connectivity index (χ2v) is 5.66. The number of ether oxygens (including phenoxy) is 1. The normalized spacial score (nSPS) is 12.2. The minimum absolute atomic E-state index is 0.190. The lowest BCUT2D eigenvalue weighted by molar-refractivity contribution is 0.102. The fourth-order valence-corrected chi connectivity index (χ4v) is 2.52. The summed E-state index contributed by atoms with van der Waals surface area (Å²) >= 11 is 0. The molecule has 3 aromatic rings. The molecule has 0 spiro atoms. The average molecular weight is 325 g/mol. The zero-order valence-electron chi connectivity index (χ0n) is 13.8. The van der Waals surface area contributed by atoms with Crippen molar-refractivity contribution in [3.05, 3.63) is 53.3 Å². The van der Waals surface area contributed by atoms with Gasteiger partial charge in [0.1, 0.15) is 17.7 Å². The van der Waals surface area contributed by atoms with Crippen LogP contribution in [-0.4, -0.2) is 28.1 Å². The Kier molecular flexibility index (Phi) is 4.22. The predicted molar refractivity (Wildman–Crippen MR) is 92.4 cm³/mol. The molecule has 124 valence electrons. The summed E-state index contributed by atoms with van der Waals surface area (Å²) in [6.45, 7) is 3.51. The van der Waals surface area contributed by atoms with Crippen molar-refractivity contribution < 1.29 is 14.6 Å². The monoisotopic (exact) mass is 325 g/mol. The van der Waals surface area contributed by atoms with Crippen molar-refractivity contribution in [2.45, 2.75) is 20.0 Å². The van der Waals surface area contributed by atoms with Gasteiger partial charge in [-0.1, -0.05) is 0 Å². The number of nitrogens with one attached hydrogen (secondary N) is 2. The van der Waals surface area contributed by atoms with Crippen molar-refractivity contribution in [2.75, 3.05) is 12.4 Å². The van der Waals surface area contributed by atoms with Crippen LogP contribution in [0.2, 0.25) is 0 Å². The maximum absolute atomic E-state index is 12.5. The lowest BCUT2D eigenvalue weighted by Crippen LogP contribution is -2.13. The molecule has 1 atom stereocenters. The van der Waals surface area contributed by atoms with Crippen LogP contribution in [0, 0.1) is 6.92 Å². The van der Waals surface area contributed by atoms with Gasteiger partial charge in [-0.25, -0.2) is 4.98 Å². The number of aliphatic hydroxyl groups is 1. The number of benzene rings is 2. The van der Waals surface area contributed by atoms with E-state index in [-0.39, 0.29) is 5.91 Å². The number of amides is 1. The van der Waals surface area contributed by atoms with Gasteiger partial charge in [0.05, 0.1) is 18.1 Å². The van der Waals surface area contributed by atoms with Crippen molar-refractivity contribution in [3.8, 4) is 5.75 Å². The van der Waals surface area contributed by atoms with Crippen LogP contribution < -0.4 is 10.1 Å². The van der Waals surface area contributed by atoms with Gasteiger partial charge >= 0.3 is 0 Å². The van der Waals surface area contributed by atoms with Gasteiger partial charge in [-0.05, 0) is 55.8 Å². The lowest BCUT2D eigenvalue weighted by atomic mass is 10.1. The highest BCUT2D eigenvalue weighted by atomic mass is 16.5. The molecular formula is C18H19N3O3. The molecule has 3 N–H and O–H groups in total. The number of nitrogens with zero attached hydrogens (tertiary/aromatic N) is 1. The second-order valence-electron chi connectivity index (χ2n) is 5.66. The smallest absolute Gasteiger partial charge is 0.255 e. The van der Waals surface area contributed by atoms with Crippen LogP contribution in [0.15, 0.2) is 36.4 Å². The Morgan fingerprint density at radius 1 is 1.29 bits per heavy atom. The summed E-state index contributed by atoms with van der Waals surface area (Å²) in [7, 11) is 1.59. The molecule has 0 bridgehead atoms. The minimum Gasteiger partial charge on any atom is -0.497 e. The first-order valence-electron chi connectivity index (χ1n) is 7.61. The van der Waals surface area contributed by atoms with Gasteiger partial charge in [-0.15, -0.1) is 0 Å². The molecular weight excluding hydrogens is 306 g/mol. The van der Waals surface area contributed by atoms with Crippen LogP contribution in [0.3, 0.4) is 0 Å². The second kappa shape index (κ2) is 6.33. The molecule has 6 heteroatoms.